The maximum absolute atomic E-state index is 12.7. The summed E-state index contributed by atoms with van der Waals surface area (Å²) in [6, 6.07) is 0. The van der Waals surface area contributed by atoms with Gasteiger partial charge in [-0.05, 0) is 30.9 Å². The predicted octanol–water partition coefficient (Wildman–Crippen LogP) is 4.68. The number of carbonyl (C=O) groups is 3. The molecule has 1 amide bonds. The molecule has 0 spiro atoms. The molecule has 0 aliphatic carbocycles. The zero-order valence-corrected chi connectivity index (χ0v) is 21.7. The standard InChI is InChI=1S/C16H19Cl4NO7S3/c1-4-6-25-13(23)10(17)21-11(22)9(12(21)31-15(29)28-30-5-2)8(3)27-14(24)26-7-16(18,19)20/h4,8-10,12H,1,5-7H2,2-3H3/t8?,9-,10?,12+/m0/s1. The van der Waals surface area contributed by atoms with Gasteiger partial charge < -0.3 is 23.3 Å². The summed E-state index contributed by atoms with van der Waals surface area (Å²) in [7, 11) is 0. The van der Waals surface area contributed by atoms with E-state index in [9.17, 15) is 14.4 Å². The fourth-order valence-electron chi connectivity index (χ4n) is 2.26. The highest BCUT2D eigenvalue weighted by Gasteiger charge is 2.56. The van der Waals surface area contributed by atoms with Crippen LogP contribution >= 0.6 is 82.4 Å². The number of alkyl halides is 4. The van der Waals surface area contributed by atoms with Crippen molar-refractivity contribution in [1.29, 1.82) is 0 Å². The number of amides is 1. The first-order valence-corrected chi connectivity index (χ1v) is 12.3. The van der Waals surface area contributed by atoms with Crippen LogP contribution in [0, 0.1) is 5.92 Å². The normalized spacial score (nSPS) is 20.2. The maximum Gasteiger partial charge on any atom is 0.508 e. The zero-order chi connectivity index (χ0) is 23.8. The van der Waals surface area contributed by atoms with Gasteiger partial charge in [-0.1, -0.05) is 66.0 Å². The van der Waals surface area contributed by atoms with Crippen LogP contribution in [0.3, 0.4) is 0 Å². The summed E-state index contributed by atoms with van der Waals surface area (Å²) in [6.07, 6.45) is -0.751. The van der Waals surface area contributed by atoms with Gasteiger partial charge in [0.05, 0.1) is 12.0 Å². The smallest absolute Gasteiger partial charge is 0.459 e. The molecule has 0 saturated carbocycles. The molecule has 0 aromatic carbocycles. The van der Waals surface area contributed by atoms with Gasteiger partial charge in [-0.2, -0.15) is 0 Å². The van der Waals surface area contributed by atoms with Crippen LogP contribution in [0.15, 0.2) is 12.7 Å². The average Bonchev–Trinajstić information content (AvgIpc) is 2.67. The molecule has 0 N–H and O–H groups in total. The predicted molar refractivity (Wildman–Crippen MR) is 127 cm³/mol. The number of hydrogen-bond acceptors (Lipinski definition) is 10. The molecule has 4 atom stereocenters. The number of likely N-dealkylation sites (tertiary alicyclic amines) is 1. The molecule has 15 heteroatoms. The molecule has 0 aromatic heterocycles. The molecular weight excluding hydrogens is 556 g/mol. The summed E-state index contributed by atoms with van der Waals surface area (Å²) in [5.41, 5.74) is -1.42. The second-order valence-electron chi connectivity index (χ2n) is 5.75. The van der Waals surface area contributed by atoms with Crippen LogP contribution in [-0.2, 0) is 28.0 Å². The molecule has 2 unspecified atom stereocenters. The SMILES string of the molecule is C=CCOC(=O)C(Cl)N1C(=O)[C@H](C(C)OC(=O)OCC(Cl)(Cl)Cl)[C@H]1SC(=S)OSCC. The number of halogens is 4. The lowest BCUT2D eigenvalue weighted by Crippen LogP contribution is -2.67. The molecule has 176 valence electrons. The van der Waals surface area contributed by atoms with Crippen molar-refractivity contribution < 1.29 is 32.8 Å². The van der Waals surface area contributed by atoms with E-state index in [0.29, 0.717) is 5.75 Å². The Kier molecular flexibility index (Phi) is 12.4. The number of rotatable bonds is 10. The molecule has 8 nitrogen and oxygen atoms in total. The number of hydrogen-bond donors (Lipinski definition) is 0. The molecule has 1 saturated heterocycles. The first kappa shape index (κ1) is 28.7. The van der Waals surface area contributed by atoms with Gasteiger partial charge in [-0.25, -0.2) is 9.59 Å². The minimum atomic E-state index is -1.82. The summed E-state index contributed by atoms with van der Waals surface area (Å²) >= 11 is 29.9. The molecule has 31 heavy (non-hydrogen) atoms. The van der Waals surface area contributed by atoms with E-state index in [1.54, 1.807) is 0 Å². The molecule has 0 bridgehead atoms. The van der Waals surface area contributed by atoms with Crippen molar-refractivity contribution in [2.24, 2.45) is 5.92 Å². The van der Waals surface area contributed by atoms with Gasteiger partial charge in [-0.15, -0.1) is 0 Å². The van der Waals surface area contributed by atoms with Crippen LogP contribution in [0.1, 0.15) is 13.8 Å². The number of nitrogens with zero attached hydrogens (tertiary/aromatic N) is 1. The van der Waals surface area contributed by atoms with Gasteiger partial charge in [-0.3, -0.25) is 4.79 Å². The van der Waals surface area contributed by atoms with Gasteiger partial charge in [0.1, 0.15) is 30.6 Å². The van der Waals surface area contributed by atoms with Gasteiger partial charge in [0.2, 0.25) is 19.6 Å². The van der Waals surface area contributed by atoms with E-state index in [-0.39, 0.29) is 11.0 Å². The fraction of sp³-hybridized carbons (Fsp3) is 0.625. The molecule has 1 heterocycles. The van der Waals surface area contributed by atoms with E-state index in [1.165, 1.54) is 13.0 Å². The Labute approximate surface area is 213 Å². The van der Waals surface area contributed by atoms with Crippen molar-refractivity contribution in [3.63, 3.8) is 0 Å². The molecular formula is C16H19Cl4NO7S3. The van der Waals surface area contributed by atoms with Crippen molar-refractivity contribution in [2.75, 3.05) is 19.0 Å². The number of carbonyl (C=O) groups excluding carboxylic acids is 3. The van der Waals surface area contributed by atoms with E-state index in [4.69, 9.17) is 77.0 Å². The summed E-state index contributed by atoms with van der Waals surface area (Å²) in [5, 5.41) is -0.771. The number of β-lactam (4-membered cyclic amide) rings is 1. The van der Waals surface area contributed by atoms with Gasteiger partial charge in [0, 0.05) is 5.75 Å². The quantitative estimate of drug-likeness (QED) is 0.0696. The second kappa shape index (κ2) is 13.4. The third-order valence-electron chi connectivity index (χ3n) is 3.51. The van der Waals surface area contributed by atoms with Crippen LogP contribution in [0.2, 0.25) is 0 Å². The van der Waals surface area contributed by atoms with Gasteiger partial charge in [0.25, 0.3) is 0 Å². The van der Waals surface area contributed by atoms with E-state index >= 15 is 0 Å². The summed E-state index contributed by atoms with van der Waals surface area (Å²) in [4.78, 5) is 37.8. The maximum atomic E-state index is 12.7. The third kappa shape index (κ3) is 9.23. The van der Waals surface area contributed by atoms with Crippen LogP contribution in [-0.4, -0.2) is 67.1 Å². The Bertz CT molecular complexity index is 695. The number of esters is 1. The first-order chi connectivity index (χ1) is 14.4. The van der Waals surface area contributed by atoms with Gasteiger partial charge >= 0.3 is 12.1 Å². The summed E-state index contributed by atoms with van der Waals surface area (Å²) < 4.78 is 18.3. The van der Waals surface area contributed by atoms with Crippen molar-refractivity contribution in [2.45, 2.75) is 34.6 Å². The number of ether oxygens (including phenoxy) is 3. The highest BCUT2D eigenvalue weighted by Crippen LogP contribution is 2.42. The number of thioether (sulfide) groups is 1. The molecule has 0 radical (unpaired) electrons. The lowest BCUT2D eigenvalue weighted by Gasteiger charge is -2.48. The summed E-state index contributed by atoms with van der Waals surface area (Å²) in [5.74, 6) is -1.66. The van der Waals surface area contributed by atoms with Crippen LogP contribution in [0.5, 0.6) is 0 Å². The number of thiocarbonyl (C=S) groups is 1. The third-order valence-corrected chi connectivity index (χ3v) is 6.36. The molecule has 1 fully saturated rings. The van der Waals surface area contributed by atoms with Gasteiger partial charge in [0.15, 0.2) is 0 Å². The topological polar surface area (TPSA) is 91.4 Å². The average molecular weight is 575 g/mol. The molecule has 1 rings (SSSR count). The lowest BCUT2D eigenvalue weighted by molar-refractivity contribution is -0.167. The van der Waals surface area contributed by atoms with Crippen molar-refractivity contribution in [3.05, 3.63) is 12.7 Å². The minimum absolute atomic E-state index is 0.0749. The van der Waals surface area contributed by atoms with Crippen LogP contribution < -0.4 is 0 Å². The van der Waals surface area contributed by atoms with E-state index < -0.39 is 51.3 Å². The van der Waals surface area contributed by atoms with Crippen LogP contribution in [0.4, 0.5) is 4.79 Å². The van der Waals surface area contributed by atoms with Crippen molar-refractivity contribution >= 4 is 105 Å². The Morgan fingerprint density at radius 2 is 2.00 bits per heavy atom. The summed E-state index contributed by atoms with van der Waals surface area (Å²) in [6.45, 7) is 6.15. The Hall–Kier alpha value is -0.300. The highest BCUT2D eigenvalue weighted by molar-refractivity contribution is 8.23. The fourth-order valence-corrected chi connectivity index (χ4v) is 4.75. The second-order valence-corrected chi connectivity index (χ2v) is 11.4. The van der Waals surface area contributed by atoms with Crippen LogP contribution in [0.25, 0.3) is 0 Å². The Morgan fingerprint density at radius 3 is 2.55 bits per heavy atom. The van der Waals surface area contributed by atoms with E-state index in [1.807, 2.05) is 6.92 Å². The minimum Gasteiger partial charge on any atom is -0.459 e. The largest absolute Gasteiger partial charge is 0.508 e. The van der Waals surface area contributed by atoms with Crippen molar-refractivity contribution in [3.8, 4) is 0 Å². The lowest BCUT2D eigenvalue weighted by atomic mass is 9.92. The Morgan fingerprint density at radius 1 is 1.35 bits per heavy atom. The Balaban J connectivity index is 2.89. The zero-order valence-electron chi connectivity index (χ0n) is 16.3. The molecule has 0 aromatic rings. The molecule has 1 aliphatic rings. The first-order valence-electron chi connectivity index (χ1n) is 8.56. The van der Waals surface area contributed by atoms with Crippen molar-refractivity contribution in [1.82, 2.24) is 4.90 Å². The molecule has 1 aliphatic heterocycles. The highest BCUT2D eigenvalue weighted by atomic mass is 35.6. The monoisotopic (exact) mass is 573 g/mol. The van der Waals surface area contributed by atoms with E-state index in [2.05, 4.69) is 6.58 Å². The van der Waals surface area contributed by atoms with E-state index in [0.717, 1.165) is 28.7 Å².